The molecule has 1 aromatic rings. The van der Waals surface area contributed by atoms with Crippen LogP contribution in [0.1, 0.15) is 18.5 Å². The van der Waals surface area contributed by atoms with E-state index in [4.69, 9.17) is 0 Å². The minimum absolute atomic E-state index is 0.0177. The molecule has 1 aromatic carbocycles. The number of nitrogens with zero attached hydrogens (tertiary/aromatic N) is 1. The first-order valence-electron chi connectivity index (χ1n) is 5.49. The van der Waals surface area contributed by atoms with Crippen molar-refractivity contribution in [3.8, 4) is 5.75 Å². The van der Waals surface area contributed by atoms with Crippen molar-refractivity contribution in [3.63, 3.8) is 0 Å². The second-order valence-corrected chi connectivity index (χ2v) is 3.91. The number of benzene rings is 1. The molecule has 1 unspecified atom stereocenters. The Balaban J connectivity index is 2.34. The molecule has 2 N–H and O–H groups in total. The predicted molar refractivity (Wildman–Crippen MR) is 61.2 cm³/mol. The minimum atomic E-state index is -0.780. The third-order valence-electron chi connectivity index (χ3n) is 2.83. The summed E-state index contributed by atoms with van der Waals surface area (Å²) in [5.41, 5.74) is 0.434. The molecule has 0 bridgehead atoms. The summed E-state index contributed by atoms with van der Waals surface area (Å²) in [5.74, 6) is -0.377. The van der Waals surface area contributed by atoms with E-state index in [9.17, 15) is 14.7 Å². The molecule has 90 valence electrons. The number of carbonyl (C=O) groups is 2. The van der Waals surface area contributed by atoms with E-state index in [1.165, 1.54) is 11.0 Å². The van der Waals surface area contributed by atoms with Gasteiger partial charge in [-0.15, -0.1) is 0 Å². The molecule has 1 heterocycles. The van der Waals surface area contributed by atoms with E-state index in [-0.39, 0.29) is 24.1 Å². The molecule has 2 rings (SSSR count). The highest BCUT2D eigenvalue weighted by Gasteiger charge is 2.33. The van der Waals surface area contributed by atoms with Crippen LogP contribution in [0.25, 0.3) is 0 Å². The molecule has 1 aliphatic heterocycles. The molecule has 0 saturated carbocycles. The van der Waals surface area contributed by atoms with Crippen LogP contribution in [0.4, 0.5) is 0 Å². The quantitative estimate of drug-likeness (QED) is 0.778. The molecule has 17 heavy (non-hydrogen) atoms. The highest BCUT2D eigenvalue weighted by atomic mass is 16.3. The van der Waals surface area contributed by atoms with E-state index in [1.807, 2.05) is 6.92 Å². The average Bonchev–Trinajstić information content (AvgIpc) is 2.32. The Hall–Kier alpha value is -2.04. The molecule has 0 aliphatic carbocycles. The molecule has 1 aliphatic rings. The molecular formula is C12H14N2O3. The lowest BCUT2D eigenvalue weighted by atomic mass is 10.0. The van der Waals surface area contributed by atoms with Crippen LogP contribution in [0.2, 0.25) is 0 Å². The Morgan fingerprint density at radius 2 is 2.12 bits per heavy atom. The van der Waals surface area contributed by atoms with Gasteiger partial charge in [-0.2, -0.15) is 0 Å². The van der Waals surface area contributed by atoms with Gasteiger partial charge in [-0.3, -0.25) is 9.59 Å². The number of para-hydroxylation sites is 1. The Labute approximate surface area is 99.0 Å². The van der Waals surface area contributed by atoms with Crippen LogP contribution < -0.4 is 5.32 Å². The fraction of sp³-hybridized carbons (Fsp3) is 0.333. The zero-order valence-electron chi connectivity index (χ0n) is 9.51. The summed E-state index contributed by atoms with van der Waals surface area (Å²) in [6.45, 7) is 2.38. The number of phenolic OH excluding ortho intramolecular Hbond substituents is 1. The van der Waals surface area contributed by atoms with Gasteiger partial charge in [0.05, 0.1) is 6.54 Å². The smallest absolute Gasteiger partial charge is 0.250 e. The second kappa shape index (κ2) is 4.45. The van der Waals surface area contributed by atoms with Gasteiger partial charge >= 0.3 is 0 Å². The standard InChI is InChI=1S/C12H14N2O3/c1-2-14-7-10(16)13-11(12(14)17)8-5-3-4-6-9(8)15/h3-6,11,15H,2,7H2,1H3,(H,13,16). The normalized spacial score (nSPS) is 20.3. The van der Waals surface area contributed by atoms with Gasteiger partial charge in [0, 0.05) is 12.1 Å². The summed E-state index contributed by atoms with van der Waals surface area (Å²) in [7, 11) is 0. The van der Waals surface area contributed by atoms with Crippen LogP contribution in [-0.4, -0.2) is 34.9 Å². The van der Waals surface area contributed by atoms with Crippen LogP contribution in [0.5, 0.6) is 5.75 Å². The number of hydrogen-bond acceptors (Lipinski definition) is 3. The molecule has 2 amide bonds. The molecular weight excluding hydrogens is 220 g/mol. The second-order valence-electron chi connectivity index (χ2n) is 3.91. The predicted octanol–water partition coefficient (Wildman–Crippen LogP) is 0.412. The highest BCUT2D eigenvalue weighted by molar-refractivity contribution is 5.95. The van der Waals surface area contributed by atoms with Crippen molar-refractivity contribution in [1.82, 2.24) is 10.2 Å². The van der Waals surface area contributed by atoms with Gasteiger partial charge in [0.2, 0.25) is 11.8 Å². The summed E-state index contributed by atoms with van der Waals surface area (Å²) in [6, 6.07) is 5.75. The fourth-order valence-corrected chi connectivity index (χ4v) is 1.91. The summed E-state index contributed by atoms with van der Waals surface area (Å²) >= 11 is 0. The van der Waals surface area contributed by atoms with E-state index >= 15 is 0 Å². The first-order valence-corrected chi connectivity index (χ1v) is 5.49. The number of amides is 2. The zero-order valence-corrected chi connectivity index (χ0v) is 9.51. The first kappa shape index (κ1) is 11.4. The van der Waals surface area contributed by atoms with Crippen LogP contribution in [0, 0.1) is 0 Å². The van der Waals surface area contributed by atoms with Crippen molar-refractivity contribution in [2.24, 2.45) is 0 Å². The first-order chi connectivity index (χ1) is 8.13. The van der Waals surface area contributed by atoms with Gasteiger partial charge in [-0.1, -0.05) is 18.2 Å². The Bertz CT molecular complexity index is 459. The summed E-state index contributed by atoms with van der Waals surface area (Å²) in [6.07, 6.45) is 0. The largest absolute Gasteiger partial charge is 0.508 e. The van der Waals surface area contributed by atoms with E-state index in [1.54, 1.807) is 18.2 Å². The van der Waals surface area contributed by atoms with Crippen molar-refractivity contribution in [1.29, 1.82) is 0 Å². The maximum absolute atomic E-state index is 12.1. The lowest BCUT2D eigenvalue weighted by molar-refractivity contribution is -0.144. The minimum Gasteiger partial charge on any atom is -0.508 e. The fourth-order valence-electron chi connectivity index (χ4n) is 1.91. The Kier molecular flexibility index (Phi) is 2.99. The molecule has 0 radical (unpaired) electrons. The molecule has 0 aromatic heterocycles. The average molecular weight is 234 g/mol. The topological polar surface area (TPSA) is 69.6 Å². The highest BCUT2D eigenvalue weighted by Crippen LogP contribution is 2.26. The molecule has 5 nitrogen and oxygen atoms in total. The Morgan fingerprint density at radius 3 is 2.76 bits per heavy atom. The summed E-state index contributed by atoms with van der Waals surface area (Å²) in [4.78, 5) is 25.0. The van der Waals surface area contributed by atoms with Crippen LogP contribution in [-0.2, 0) is 9.59 Å². The summed E-state index contributed by atoms with van der Waals surface area (Å²) < 4.78 is 0. The van der Waals surface area contributed by atoms with E-state index in [2.05, 4.69) is 5.32 Å². The van der Waals surface area contributed by atoms with Crippen LogP contribution in [0.15, 0.2) is 24.3 Å². The maximum atomic E-state index is 12.1. The SMILES string of the molecule is CCN1CC(=O)NC(c2ccccc2O)C1=O. The number of phenols is 1. The van der Waals surface area contributed by atoms with Gasteiger partial charge in [0.15, 0.2) is 0 Å². The molecule has 1 saturated heterocycles. The van der Waals surface area contributed by atoms with Gasteiger partial charge in [0.25, 0.3) is 0 Å². The van der Waals surface area contributed by atoms with Crippen molar-refractivity contribution >= 4 is 11.8 Å². The van der Waals surface area contributed by atoms with Gasteiger partial charge < -0.3 is 15.3 Å². The summed E-state index contributed by atoms with van der Waals surface area (Å²) in [5, 5.41) is 12.3. The van der Waals surface area contributed by atoms with Crippen LogP contribution >= 0.6 is 0 Å². The number of carbonyl (C=O) groups excluding carboxylic acids is 2. The third-order valence-corrected chi connectivity index (χ3v) is 2.83. The number of nitrogens with one attached hydrogen (secondary N) is 1. The van der Waals surface area contributed by atoms with Crippen molar-refractivity contribution in [2.45, 2.75) is 13.0 Å². The van der Waals surface area contributed by atoms with E-state index in [0.717, 1.165) is 0 Å². The lowest BCUT2D eigenvalue weighted by Crippen LogP contribution is -2.53. The Morgan fingerprint density at radius 1 is 1.41 bits per heavy atom. The van der Waals surface area contributed by atoms with Gasteiger partial charge in [0.1, 0.15) is 11.8 Å². The lowest BCUT2D eigenvalue weighted by Gasteiger charge is -2.32. The number of hydrogen-bond donors (Lipinski definition) is 2. The number of aromatic hydroxyl groups is 1. The molecule has 1 fully saturated rings. The maximum Gasteiger partial charge on any atom is 0.250 e. The number of rotatable bonds is 2. The molecule has 0 spiro atoms. The van der Waals surface area contributed by atoms with E-state index < -0.39 is 6.04 Å². The zero-order chi connectivity index (χ0) is 12.4. The molecule has 5 heteroatoms. The van der Waals surface area contributed by atoms with Gasteiger partial charge in [-0.25, -0.2) is 0 Å². The number of piperazine rings is 1. The van der Waals surface area contributed by atoms with Crippen LogP contribution in [0.3, 0.4) is 0 Å². The van der Waals surface area contributed by atoms with Crippen molar-refractivity contribution in [2.75, 3.05) is 13.1 Å². The third kappa shape index (κ3) is 2.08. The van der Waals surface area contributed by atoms with Gasteiger partial charge in [-0.05, 0) is 13.0 Å². The van der Waals surface area contributed by atoms with Crippen molar-refractivity contribution in [3.05, 3.63) is 29.8 Å². The van der Waals surface area contributed by atoms with E-state index in [0.29, 0.717) is 12.1 Å². The monoisotopic (exact) mass is 234 g/mol. The molecule has 1 atom stereocenters. The van der Waals surface area contributed by atoms with Crippen molar-refractivity contribution < 1.29 is 14.7 Å². The number of likely N-dealkylation sites (N-methyl/N-ethyl adjacent to an activating group) is 1.